The van der Waals surface area contributed by atoms with Crippen molar-refractivity contribution in [3.05, 3.63) is 29.6 Å². The van der Waals surface area contributed by atoms with E-state index in [0.29, 0.717) is 31.6 Å². The van der Waals surface area contributed by atoms with Crippen molar-refractivity contribution in [3.8, 4) is 0 Å². The first-order chi connectivity index (χ1) is 11.2. The molecule has 0 aliphatic carbocycles. The molecule has 1 fully saturated rings. The van der Waals surface area contributed by atoms with Gasteiger partial charge in [0.05, 0.1) is 11.5 Å². The van der Waals surface area contributed by atoms with E-state index in [9.17, 15) is 17.6 Å². The summed E-state index contributed by atoms with van der Waals surface area (Å²) in [6.07, 6.45) is 2.04. The highest BCUT2D eigenvalue weighted by molar-refractivity contribution is 7.90. The number of ether oxygens (including phenoxy) is 1. The lowest BCUT2D eigenvalue weighted by atomic mass is 9.79. The lowest BCUT2D eigenvalue weighted by Gasteiger charge is -2.35. The number of hydrogen-bond acceptors (Lipinski definition) is 5. The number of halogens is 1. The van der Waals surface area contributed by atoms with Gasteiger partial charge >= 0.3 is 0 Å². The molecule has 1 aliphatic rings. The normalized spacial score (nSPS) is 18.8. The van der Waals surface area contributed by atoms with E-state index in [0.717, 1.165) is 12.3 Å². The minimum absolute atomic E-state index is 0.187. The molecular formula is C16H23FN2O4S. The maximum absolute atomic E-state index is 14.0. The molecule has 1 aromatic carbocycles. The fourth-order valence-corrected chi connectivity index (χ4v) is 3.53. The van der Waals surface area contributed by atoms with Crippen LogP contribution < -0.4 is 11.1 Å². The number of amides is 1. The lowest BCUT2D eigenvalue weighted by molar-refractivity contribution is -0.136. The Balaban J connectivity index is 2.16. The predicted molar refractivity (Wildman–Crippen MR) is 87.6 cm³/mol. The van der Waals surface area contributed by atoms with Crippen LogP contribution in [0, 0.1) is 11.2 Å². The Labute approximate surface area is 141 Å². The van der Waals surface area contributed by atoms with Crippen LogP contribution in [-0.4, -0.2) is 40.3 Å². The second-order valence-electron chi connectivity index (χ2n) is 6.25. The minimum atomic E-state index is -3.62. The van der Waals surface area contributed by atoms with Gasteiger partial charge in [-0.2, -0.15) is 0 Å². The van der Waals surface area contributed by atoms with Crippen LogP contribution in [0.3, 0.4) is 0 Å². The summed E-state index contributed by atoms with van der Waals surface area (Å²) < 4.78 is 42.2. The van der Waals surface area contributed by atoms with Gasteiger partial charge in [-0.05, 0) is 37.5 Å². The van der Waals surface area contributed by atoms with Crippen LogP contribution in [-0.2, 0) is 19.4 Å². The van der Waals surface area contributed by atoms with Gasteiger partial charge in [-0.25, -0.2) is 12.8 Å². The molecule has 0 bridgehead atoms. The SMILES string of the molecule is CC(NC(=O)C1(CN)CCOCC1)c1ccc(S(C)(=O)=O)c(F)c1. The van der Waals surface area contributed by atoms with Gasteiger partial charge < -0.3 is 15.8 Å². The molecule has 1 aliphatic heterocycles. The molecule has 3 N–H and O–H groups in total. The van der Waals surface area contributed by atoms with Gasteiger partial charge in [0, 0.05) is 26.0 Å². The molecule has 0 spiro atoms. The highest BCUT2D eigenvalue weighted by Crippen LogP contribution is 2.30. The first kappa shape index (κ1) is 18.8. The first-order valence-electron chi connectivity index (χ1n) is 7.78. The summed E-state index contributed by atoms with van der Waals surface area (Å²) in [6, 6.07) is 3.40. The molecule has 0 saturated carbocycles. The third-order valence-electron chi connectivity index (χ3n) is 4.53. The van der Waals surface area contributed by atoms with Gasteiger partial charge in [-0.3, -0.25) is 4.79 Å². The molecule has 1 saturated heterocycles. The van der Waals surface area contributed by atoms with Crippen LogP contribution >= 0.6 is 0 Å². The fourth-order valence-electron chi connectivity index (χ4n) is 2.81. The summed E-state index contributed by atoms with van der Waals surface area (Å²) in [5.41, 5.74) is 5.63. The Morgan fingerprint density at radius 1 is 1.42 bits per heavy atom. The zero-order valence-electron chi connectivity index (χ0n) is 13.8. The summed E-state index contributed by atoms with van der Waals surface area (Å²) in [6.45, 7) is 2.90. The van der Waals surface area contributed by atoms with Gasteiger partial charge in [-0.1, -0.05) is 6.07 Å². The number of benzene rings is 1. The Bertz CT molecular complexity index is 715. The third-order valence-corrected chi connectivity index (χ3v) is 5.66. The van der Waals surface area contributed by atoms with Gasteiger partial charge in [-0.15, -0.1) is 0 Å². The summed E-state index contributed by atoms with van der Waals surface area (Å²) >= 11 is 0. The molecule has 2 rings (SSSR count). The zero-order chi connectivity index (χ0) is 18.0. The third kappa shape index (κ3) is 3.93. The number of carbonyl (C=O) groups excluding carboxylic acids is 1. The van der Waals surface area contributed by atoms with E-state index in [1.807, 2.05) is 0 Å². The highest BCUT2D eigenvalue weighted by Gasteiger charge is 2.39. The topological polar surface area (TPSA) is 98.5 Å². The van der Waals surface area contributed by atoms with Crippen molar-refractivity contribution >= 4 is 15.7 Å². The van der Waals surface area contributed by atoms with Crippen molar-refractivity contribution in [1.29, 1.82) is 0 Å². The van der Waals surface area contributed by atoms with Crippen LogP contribution in [0.2, 0.25) is 0 Å². The maximum Gasteiger partial charge on any atom is 0.228 e. The number of carbonyl (C=O) groups is 1. The predicted octanol–water partition coefficient (Wildman–Crippen LogP) is 1.16. The first-order valence-corrected chi connectivity index (χ1v) is 9.67. The van der Waals surface area contributed by atoms with Crippen molar-refractivity contribution in [1.82, 2.24) is 5.32 Å². The van der Waals surface area contributed by atoms with Gasteiger partial charge in [0.25, 0.3) is 0 Å². The molecule has 6 nitrogen and oxygen atoms in total. The number of rotatable bonds is 5. The number of nitrogens with two attached hydrogens (primary N) is 1. The second kappa shape index (κ2) is 7.16. The molecule has 8 heteroatoms. The lowest BCUT2D eigenvalue weighted by Crippen LogP contribution is -2.49. The molecule has 1 heterocycles. The molecule has 1 atom stereocenters. The molecule has 1 unspecified atom stereocenters. The van der Waals surface area contributed by atoms with Crippen LogP contribution in [0.15, 0.2) is 23.1 Å². The van der Waals surface area contributed by atoms with E-state index in [1.165, 1.54) is 12.1 Å². The summed E-state index contributed by atoms with van der Waals surface area (Å²) in [5, 5.41) is 2.85. The van der Waals surface area contributed by atoms with Gasteiger partial charge in [0.2, 0.25) is 5.91 Å². The van der Waals surface area contributed by atoms with Crippen molar-refractivity contribution in [2.24, 2.45) is 11.1 Å². The molecule has 1 amide bonds. The standard InChI is InChI=1S/C16H23FN2O4S/c1-11(12-3-4-14(13(17)9-12)24(2,21)22)19-15(20)16(10-18)5-7-23-8-6-16/h3-4,9,11H,5-8,10,18H2,1-2H3,(H,19,20). The van der Waals surface area contributed by atoms with E-state index in [4.69, 9.17) is 10.5 Å². The Morgan fingerprint density at radius 3 is 2.54 bits per heavy atom. The van der Waals surface area contributed by atoms with Crippen LogP contribution in [0.1, 0.15) is 31.4 Å². The van der Waals surface area contributed by atoms with E-state index in [-0.39, 0.29) is 17.3 Å². The quantitative estimate of drug-likeness (QED) is 0.823. The smallest absolute Gasteiger partial charge is 0.228 e. The summed E-state index contributed by atoms with van der Waals surface area (Å²) in [7, 11) is -3.62. The molecule has 0 radical (unpaired) electrons. The van der Waals surface area contributed by atoms with Crippen molar-refractivity contribution in [3.63, 3.8) is 0 Å². The molecule has 1 aromatic rings. The monoisotopic (exact) mass is 358 g/mol. The van der Waals surface area contributed by atoms with Gasteiger partial charge in [0.1, 0.15) is 10.7 Å². The molecular weight excluding hydrogens is 335 g/mol. The second-order valence-corrected chi connectivity index (χ2v) is 8.24. The van der Waals surface area contributed by atoms with E-state index < -0.39 is 27.1 Å². The highest BCUT2D eigenvalue weighted by atomic mass is 32.2. The molecule has 134 valence electrons. The fraction of sp³-hybridized carbons (Fsp3) is 0.562. The van der Waals surface area contributed by atoms with Crippen LogP contribution in [0.5, 0.6) is 0 Å². The number of sulfone groups is 1. The minimum Gasteiger partial charge on any atom is -0.381 e. The molecule has 0 aromatic heterocycles. The number of hydrogen-bond donors (Lipinski definition) is 2. The van der Waals surface area contributed by atoms with Crippen LogP contribution in [0.25, 0.3) is 0 Å². The summed E-state index contributed by atoms with van der Waals surface area (Å²) in [4.78, 5) is 12.3. The Morgan fingerprint density at radius 2 is 2.04 bits per heavy atom. The Kier molecular flexibility index (Phi) is 5.62. The maximum atomic E-state index is 14.0. The summed E-state index contributed by atoms with van der Waals surface area (Å²) in [5.74, 6) is -1.01. The van der Waals surface area contributed by atoms with Crippen molar-refractivity contribution < 1.29 is 22.3 Å². The van der Waals surface area contributed by atoms with E-state index >= 15 is 0 Å². The zero-order valence-corrected chi connectivity index (χ0v) is 14.7. The van der Waals surface area contributed by atoms with Crippen molar-refractivity contribution in [2.75, 3.05) is 26.0 Å². The van der Waals surface area contributed by atoms with Crippen LogP contribution in [0.4, 0.5) is 4.39 Å². The average Bonchev–Trinajstić information content (AvgIpc) is 2.54. The average molecular weight is 358 g/mol. The van der Waals surface area contributed by atoms with Gasteiger partial charge in [0.15, 0.2) is 9.84 Å². The largest absolute Gasteiger partial charge is 0.381 e. The van der Waals surface area contributed by atoms with E-state index in [1.54, 1.807) is 6.92 Å². The van der Waals surface area contributed by atoms with E-state index in [2.05, 4.69) is 5.32 Å². The molecule has 24 heavy (non-hydrogen) atoms. The van der Waals surface area contributed by atoms with Crippen molar-refractivity contribution in [2.45, 2.75) is 30.7 Å². The Hall–Kier alpha value is -1.51. The number of nitrogens with one attached hydrogen (secondary N) is 1.